The molecule has 0 amide bonds. The van der Waals surface area contributed by atoms with Crippen molar-refractivity contribution in [3.8, 4) is 16.9 Å². The molecule has 4 nitrogen and oxygen atoms in total. The Bertz CT molecular complexity index is 991. The summed E-state index contributed by atoms with van der Waals surface area (Å²) >= 11 is 0. The molecule has 0 aliphatic carbocycles. The van der Waals surface area contributed by atoms with Gasteiger partial charge in [-0.3, -0.25) is 0 Å². The van der Waals surface area contributed by atoms with Gasteiger partial charge in [-0.25, -0.2) is 4.98 Å². The number of fused-ring (bicyclic) bond motifs is 1. The molecule has 4 rings (SSSR count). The minimum absolute atomic E-state index is 0.686. The van der Waals surface area contributed by atoms with Gasteiger partial charge in [-0.15, -0.1) is 0 Å². The first-order chi connectivity index (χ1) is 12.8. The number of benzene rings is 3. The maximum absolute atomic E-state index is 5.25. The average molecular weight is 342 g/mol. The van der Waals surface area contributed by atoms with E-state index in [1.165, 1.54) is 11.1 Å². The van der Waals surface area contributed by atoms with E-state index in [0.717, 1.165) is 34.7 Å². The van der Waals surface area contributed by atoms with Crippen molar-refractivity contribution < 1.29 is 4.74 Å². The number of hydrogen-bond donors (Lipinski definition) is 2. The number of H-pyrrole nitrogens is 1. The quantitative estimate of drug-likeness (QED) is 0.548. The molecule has 129 valence electrons. The third kappa shape index (κ3) is 3.60. The largest absolute Gasteiger partial charge is 0.497 e. The first-order valence-electron chi connectivity index (χ1n) is 8.61. The molecule has 0 fully saturated rings. The number of nitrogens with one attached hydrogen (secondary N) is 2. The Balaban J connectivity index is 1.37. The lowest BCUT2D eigenvalue weighted by atomic mass is 10.0. The number of hydrogen-bond acceptors (Lipinski definition) is 3. The number of methoxy groups -OCH3 is 1. The van der Waals surface area contributed by atoms with Gasteiger partial charge in [0, 0.05) is 12.6 Å². The monoisotopic (exact) mass is 342 g/mol. The Morgan fingerprint density at radius 3 is 2.69 bits per heavy atom. The summed E-state index contributed by atoms with van der Waals surface area (Å²) in [4.78, 5) is 7.92. The lowest BCUT2D eigenvalue weighted by Gasteiger charge is -2.05. The van der Waals surface area contributed by atoms with Gasteiger partial charge < -0.3 is 15.0 Å². The van der Waals surface area contributed by atoms with E-state index in [0.29, 0.717) is 6.54 Å². The van der Waals surface area contributed by atoms with Gasteiger partial charge in [0.05, 0.1) is 24.7 Å². The van der Waals surface area contributed by atoms with Crippen molar-refractivity contribution in [3.63, 3.8) is 0 Å². The molecule has 0 atom stereocenters. The molecule has 2 N–H and O–H groups in total. The van der Waals surface area contributed by atoms with Gasteiger partial charge in [0.1, 0.15) is 11.6 Å². The van der Waals surface area contributed by atoms with Crippen LogP contribution in [0.1, 0.15) is 11.4 Å². The predicted molar refractivity (Wildman–Crippen MR) is 104 cm³/mol. The second kappa shape index (κ2) is 7.42. The Hall–Kier alpha value is -3.11. The number of ether oxygens (including phenoxy) is 1. The van der Waals surface area contributed by atoms with Crippen molar-refractivity contribution in [1.82, 2.24) is 15.3 Å². The highest BCUT2D eigenvalue weighted by atomic mass is 16.5. The highest BCUT2D eigenvalue weighted by Gasteiger charge is 2.04. The lowest BCUT2D eigenvalue weighted by Crippen LogP contribution is -2.13. The van der Waals surface area contributed by atoms with Crippen molar-refractivity contribution >= 4 is 11.0 Å². The van der Waals surface area contributed by atoms with E-state index < -0.39 is 0 Å². The van der Waals surface area contributed by atoms with Crippen LogP contribution in [-0.2, 0) is 13.1 Å². The number of rotatable bonds is 6. The molecule has 0 aliphatic rings. The second-order valence-electron chi connectivity index (χ2n) is 6.14. The molecule has 1 radical (unpaired) electrons. The number of nitrogens with zero attached hydrogens (tertiary/aromatic N) is 1. The molecule has 26 heavy (non-hydrogen) atoms. The van der Waals surface area contributed by atoms with Crippen LogP contribution in [0.4, 0.5) is 0 Å². The topological polar surface area (TPSA) is 49.9 Å². The molecular formula is C22H20N3O. The molecule has 0 saturated carbocycles. The molecule has 0 aliphatic heterocycles. The zero-order chi connectivity index (χ0) is 17.8. The van der Waals surface area contributed by atoms with E-state index in [1.54, 1.807) is 7.11 Å². The summed E-state index contributed by atoms with van der Waals surface area (Å²) in [6, 6.07) is 25.7. The molecule has 1 aromatic heterocycles. The Labute approximate surface area is 152 Å². The van der Waals surface area contributed by atoms with E-state index in [2.05, 4.69) is 51.7 Å². The van der Waals surface area contributed by atoms with Crippen LogP contribution in [-0.4, -0.2) is 17.1 Å². The summed E-state index contributed by atoms with van der Waals surface area (Å²) < 4.78 is 5.25. The van der Waals surface area contributed by atoms with Gasteiger partial charge in [-0.05, 0) is 34.9 Å². The molecule has 0 spiro atoms. The second-order valence-corrected chi connectivity index (χ2v) is 6.14. The fourth-order valence-corrected chi connectivity index (χ4v) is 2.95. The standard InChI is InChI=1S/C22H20N3O/c1-26-19-11-12-20-21(13-19)25-22(24-20)15-23-14-16-7-9-18(10-8-16)17-5-3-2-4-6-17/h2-5,7-13,23H,14-15H2,1H3,(H,24,25). The van der Waals surface area contributed by atoms with Gasteiger partial charge in [-0.2, -0.15) is 0 Å². The highest BCUT2D eigenvalue weighted by molar-refractivity contribution is 5.76. The van der Waals surface area contributed by atoms with Crippen LogP contribution in [0.15, 0.2) is 66.7 Å². The van der Waals surface area contributed by atoms with Gasteiger partial charge >= 0.3 is 0 Å². The van der Waals surface area contributed by atoms with Crippen molar-refractivity contribution in [2.45, 2.75) is 13.1 Å². The first-order valence-corrected chi connectivity index (χ1v) is 8.61. The third-order valence-electron chi connectivity index (χ3n) is 4.33. The van der Waals surface area contributed by atoms with Crippen molar-refractivity contribution in [2.75, 3.05) is 7.11 Å². The highest BCUT2D eigenvalue weighted by Crippen LogP contribution is 2.20. The van der Waals surface area contributed by atoms with Gasteiger partial charge in [0.15, 0.2) is 0 Å². The van der Waals surface area contributed by atoms with Crippen LogP contribution in [0.2, 0.25) is 0 Å². The Kier molecular flexibility index (Phi) is 4.67. The number of aromatic nitrogens is 2. The molecule has 4 aromatic rings. The smallest absolute Gasteiger partial charge is 0.121 e. The predicted octanol–water partition coefficient (Wildman–Crippen LogP) is 4.33. The van der Waals surface area contributed by atoms with E-state index >= 15 is 0 Å². The average Bonchev–Trinajstić information content (AvgIpc) is 3.11. The molecule has 0 bridgehead atoms. The zero-order valence-electron chi connectivity index (χ0n) is 14.6. The molecular weight excluding hydrogens is 322 g/mol. The minimum atomic E-state index is 0.686. The number of imidazole rings is 1. The minimum Gasteiger partial charge on any atom is -0.497 e. The maximum atomic E-state index is 5.25. The van der Waals surface area contributed by atoms with E-state index in [1.807, 2.05) is 36.4 Å². The van der Waals surface area contributed by atoms with E-state index in [4.69, 9.17) is 4.74 Å². The summed E-state index contributed by atoms with van der Waals surface area (Å²) in [6.07, 6.45) is 0. The zero-order valence-corrected chi connectivity index (χ0v) is 14.6. The summed E-state index contributed by atoms with van der Waals surface area (Å²) in [5.74, 6) is 1.75. The molecule has 0 saturated heterocycles. The summed E-state index contributed by atoms with van der Waals surface area (Å²) in [7, 11) is 1.67. The summed E-state index contributed by atoms with van der Waals surface area (Å²) in [5.41, 5.74) is 5.48. The van der Waals surface area contributed by atoms with Crippen LogP contribution < -0.4 is 10.1 Å². The fraction of sp³-hybridized carbons (Fsp3) is 0.136. The maximum Gasteiger partial charge on any atom is 0.121 e. The fourth-order valence-electron chi connectivity index (χ4n) is 2.95. The first kappa shape index (κ1) is 16.4. The molecule has 3 aromatic carbocycles. The normalized spacial score (nSPS) is 11.0. The van der Waals surface area contributed by atoms with Crippen LogP contribution in [0.25, 0.3) is 22.2 Å². The van der Waals surface area contributed by atoms with Gasteiger partial charge in [0.2, 0.25) is 0 Å². The molecule has 0 unspecified atom stereocenters. The van der Waals surface area contributed by atoms with Crippen molar-refractivity contribution in [3.05, 3.63) is 84.2 Å². The summed E-state index contributed by atoms with van der Waals surface area (Å²) in [6.45, 7) is 1.48. The van der Waals surface area contributed by atoms with Crippen LogP contribution in [0.3, 0.4) is 0 Å². The van der Waals surface area contributed by atoms with Crippen LogP contribution >= 0.6 is 0 Å². The third-order valence-corrected chi connectivity index (χ3v) is 4.33. The Morgan fingerprint density at radius 2 is 1.92 bits per heavy atom. The SMILES string of the molecule is COc1ccc2nc(CNCc3ccc(-c4[c]cccc4)cc3)[nH]c2c1. The van der Waals surface area contributed by atoms with E-state index in [9.17, 15) is 0 Å². The Morgan fingerprint density at radius 1 is 1.04 bits per heavy atom. The van der Waals surface area contributed by atoms with Crippen molar-refractivity contribution in [1.29, 1.82) is 0 Å². The van der Waals surface area contributed by atoms with Crippen LogP contribution in [0.5, 0.6) is 5.75 Å². The van der Waals surface area contributed by atoms with Crippen molar-refractivity contribution in [2.24, 2.45) is 0 Å². The summed E-state index contributed by atoms with van der Waals surface area (Å²) in [5, 5.41) is 3.43. The van der Waals surface area contributed by atoms with Gasteiger partial charge in [-0.1, -0.05) is 48.5 Å². The lowest BCUT2D eigenvalue weighted by molar-refractivity contribution is 0.415. The molecule has 4 heteroatoms. The molecule has 1 heterocycles. The van der Waals surface area contributed by atoms with Gasteiger partial charge in [0.25, 0.3) is 0 Å². The van der Waals surface area contributed by atoms with E-state index in [-0.39, 0.29) is 0 Å². The van der Waals surface area contributed by atoms with Crippen LogP contribution in [0, 0.1) is 6.07 Å². The number of aromatic amines is 1.